The highest BCUT2D eigenvalue weighted by molar-refractivity contribution is 7.21. The van der Waals surface area contributed by atoms with Crippen LogP contribution >= 0.6 is 11.3 Å². The van der Waals surface area contributed by atoms with Crippen molar-refractivity contribution < 1.29 is 18.7 Å². The summed E-state index contributed by atoms with van der Waals surface area (Å²) in [5.41, 5.74) is 3.42. The first-order valence-electron chi connectivity index (χ1n) is 11.3. The number of nitrogens with zero attached hydrogens (tertiary/aromatic N) is 2. The van der Waals surface area contributed by atoms with Crippen molar-refractivity contribution in [2.75, 3.05) is 17.3 Å². The number of carbonyl (C=O) groups is 2. The SMILES string of the molecule is COCc1cc(C)nc2sc(C(=O)N(c3ccccc3)c3ccccc3)c(NC(=O)c3ccco3)c12. The number of furan rings is 1. The first-order chi connectivity index (χ1) is 17.6. The maximum atomic E-state index is 14.3. The molecule has 3 heterocycles. The van der Waals surface area contributed by atoms with E-state index in [1.807, 2.05) is 73.7 Å². The predicted molar refractivity (Wildman–Crippen MR) is 141 cm³/mol. The molecule has 180 valence electrons. The van der Waals surface area contributed by atoms with Gasteiger partial charge in [-0.05, 0) is 55.0 Å². The van der Waals surface area contributed by atoms with Gasteiger partial charge in [0, 0.05) is 29.6 Å². The van der Waals surface area contributed by atoms with Crippen molar-refractivity contribution in [2.45, 2.75) is 13.5 Å². The molecule has 2 amide bonds. The fourth-order valence-electron chi connectivity index (χ4n) is 4.07. The van der Waals surface area contributed by atoms with Crippen molar-refractivity contribution >= 4 is 50.4 Å². The van der Waals surface area contributed by atoms with Crippen LogP contribution in [-0.4, -0.2) is 23.9 Å². The number of anilines is 3. The highest BCUT2D eigenvalue weighted by Crippen LogP contribution is 2.40. The van der Waals surface area contributed by atoms with E-state index in [4.69, 9.17) is 9.15 Å². The van der Waals surface area contributed by atoms with E-state index >= 15 is 0 Å². The molecular formula is C28H23N3O4S. The van der Waals surface area contributed by atoms with Gasteiger partial charge in [-0.3, -0.25) is 14.5 Å². The van der Waals surface area contributed by atoms with Gasteiger partial charge in [0.15, 0.2) is 5.76 Å². The largest absolute Gasteiger partial charge is 0.459 e. The summed E-state index contributed by atoms with van der Waals surface area (Å²) in [5, 5.41) is 3.61. The number of amides is 2. The lowest BCUT2D eigenvalue weighted by Gasteiger charge is -2.23. The Balaban J connectivity index is 1.71. The molecule has 7 nitrogen and oxygen atoms in total. The maximum Gasteiger partial charge on any atom is 0.291 e. The average molecular weight is 498 g/mol. The van der Waals surface area contributed by atoms with Gasteiger partial charge in [0.2, 0.25) is 0 Å². The summed E-state index contributed by atoms with van der Waals surface area (Å²) in [4.78, 5) is 34.6. The van der Waals surface area contributed by atoms with Crippen LogP contribution in [0, 0.1) is 6.92 Å². The number of aromatic nitrogens is 1. The fourth-order valence-corrected chi connectivity index (χ4v) is 5.23. The second-order valence-electron chi connectivity index (χ2n) is 8.09. The highest BCUT2D eigenvalue weighted by atomic mass is 32.1. The molecule has 0 aliphatic heterocycles. The van der Waals surface area contributed by atoms with Crippen LogP contribution in [0.5, 0.6) is 0 Å². The van der Waals surface area contributed by atoms with E-state index in [1.165, 1.54) is 17.6 Å². The highest BCUT2D eigenvalue weighted by Gasteiger charge is 2.29. The summed E-state index contributed by atoms with van der Waals surface area (Å²) < 4.78 is 10.7. The van der Waals surface area contributed by atoms with Crippen LogP contribution in [0.1, 0.15) is 31.5 Å². The lowest BCUT2D eigenvalue weighted by atomic mass is 10.1. The Morgan fingerprint density at radius 2 is 1.67 bits per heavy atom. The smallest absolute Gasteiger partial charge is 0.291 e. The topological polar surface area (TPSA) is 84.7 Å². The summed E-state index contributed by atoms with van der Waals surface area (Å²) in [7, 11) is 1.60. The number of rotatable bonds is 7. The van der Waals surface area contributed by atoms with Crippen LogP contribution in [0.4, 0.5) is 17.1 Å². The number of aryl methyl sites for hydroxylation is 1. The molecule has 36 heavy (non-hydrogen) atoms. The van der Waals surface area contributed by atoms with E-state index < -0.39 is 5.91 Å². The number of fused-ring (bicyclic) bond motifs is 1. The Morgan fingerprint density at radius 3 is 2.25 bits per heavy atom. The zero-order valence-corrected chi connectivity index (χ0v) is 20.5. The van der Waals surface area contributed by atoms with Gasteiger partial charge in [-0.1, -0.05) is 36.4 Å². The average Bonchev–Trinajstić information content (AvgIpc) is 3.54. The minimum atomic E-state index is -0.455. The van der Waals surface area contributed by atoms with Crippen LogP contribution < -0.4 is 10.2 Å². The summed E-state index contributed by atoms with van der Waals surface area (Å²) in [6, 6.07) is 23.9. The number of hydrogen-bond donors (Lipinski definition) is 1. The van der Waals surface area contributed by atoms with Gasteiger partial charge in [0.25, 0.3) is 11.8 Å². The minimum Gasteiger partial charge on any atom is -0.459 e. The van der Waals surface area contributed by atoms with Gasteiger partial charge < -0.3 is 14.5 Å². The van der Waals surface area contributed by atoms with Crippen molar-refractivity contribution in [3.8, 4) is 0 Å². The molecule has 0 saturated carbocycles. The standard InChI is InChI=1S/C28H23N3O4S/c1-18-16-19(17-34-2)23-24(30-26(32)22-14-9-15-35-22)25(36-27(23)29-18)28(33)31(20-10-5-3-6-11-20)21-12-7-4-8-13-21/h3-16H,17H2,1-2H3,(H,30,32). The number of para-hydroxylation sites is 2. The van der Waals surface area contributed by atoms with E-state index in [0.717, 1.165) is 11.3 Å². The van der Waals surface area contributed by atoms with Crippen molar-refractivity contribution in [3.05, 3.63) is 107 Å². The molecule has 0 radical (unpaired) electrons. The molecule has 3 aromatic heterocycles. The molecule has 1 N–H and O–H groups in total. The molecule has 0 aliphatic carbocycles. The third-order valence-corrected chi connectivity index (χ3v) is 6.65. The number of benzene rings is 2. The molecule has 5 rings (SSSR count). The zero-order valence-electron chi connectivity index (χ0n) is 19.7. The Hall–Kier alpha value is -4.27. The van der Waals surface area contributed by atoms with Gasteiger partial charge in [-0.25, -0.2) is 4.98 Å². The van der Waals surface area contributed by atoms with Crippen LogP contribution in [0.25, 0.3) is 10.2 Å². The van der Waals surface area contributed by atoms with Crippen LogP contribution in [-0.2, 0) is 11.3 Å². The molecule has 0 atom stereocenters. The Kier molecular flexibility index (Phi) is 6.62. The Labute approximate surface area is 212 Å². The number of carbonyl (C=O) groups excluding carboxylic acids is 2. The van der Waals surface area contributed by atoms with Crippen molar-refractivity contribution in [1.29, 1.82) is 0 Å². The van der Waals surface area contributed by atoms with E-state index in [2.05, 4.69) is 10.3 Å². The third kappa shape index (κ3) is 4.51. The first kappa shape index (κ1) is 23.5. The second-order valence-corrected chi connectivity index (χ2v) is 9.08. The second kappa shape index (κ2) is 10.2. The van der Waals surface area contributed by atoms with E-state index in [0.29, 0.717) is 38.8 Å². The molecule has 2 aromatic carbocycles. The molecule has 0 spiro atoms. The van der Waals surface area contributed by atoms with E-state index in [-0.39, 0.29) is 11.7 Å². The molecule has 0 bridgehead atoms. The minimum absolute atomic E-state index is 0.143. The Morgan fingerprint density at radius 1 is 1.00 bits per heavy atom. The fraction of sp³-hybridized carbons (Fsp3) is 0.107. The lowest BCUT2D eigenvalue weighted by molar-refractivity contribution is 0.0997. The first-order valence-corrected chi connectivity index (χ1v) is 12.1. The summed E-state index contributed by atoms with van der Waals surface area (Å²) >= 11 is 1.24. The number of thiophene rings is 1. The molecule has 0 aliphatic rings. The van der Waals surface area contributed by atoms with Crippen LogP contribution in [0.2, 0.25) is 0 Å². The number of ether oxygens (including phenoxy) is 1. The summed E-state index contributed by atoms with van der Waals surface area (Å²) in [6.07, 6.45) is 1.43. The number of hydrogen-bond acceptors (Lipinski definition) is 6. The molecule has 0 fully saturated rings. The molecular weight excluding hydrogens is 474 g/mol. The summed E-state index contributed by atoms with van der Waals surface area (Å²) in [6.45, 7) is 2.19. The normalized spacial score (nSPS) is 10.9. The van der Waals surface area contributed by atoms with E-state index in [1.54, 1.807) is 24.1 Å². The van der Waals surface area contributed by atoms with Gasteiger partial charge in [-0.2, -0.15) is 0 Å². The lowest BCUT2D eigenvalue weighted by Crippen LogP contribution is -2.26. The van der Waals surface area contributed by atoms with E-state index in [9.17, 15) is 9.59 Å². The number of nitrogens with one attached hydrogen (secondary N) is 1. The third-order valence-electron chi connectivity index (χ3n) is 5.58. The predicted octanol–water partition coefficient (Wildman–Crippen LogP) is 6.57. The molecule has 0 unspecified atom stereocenters. The molecule has 8 heteroatoms. The summed E-state index contributed by atoms with van der Waals surface area (Å²) in [5.74, 6) is -0.598. The molecule has 0 saturated heterocycles. The van der Waals surface area contributed by atoms with Crippen LogP contribution in [0.15, 0.2) is 89.5 Å². The number of pyridine rings is 1. The maximum absolute atomic E-state index is 14.3. The van der Waals surface area contributed by atoms with Crippen molar-refractivity contribution in [2.24, 2.45) is 0 Å². The van der Waals surface area contributed by atoms with Gasteiger partial charge in [0.1, 0.15) is 9.71 Å². The quantitative estimate of drug-likeness (QED) is 0.275. The van der Waals surface area contributed by atoms with Gasteiger partial charge in [0.05, 0.1) is 18.6 Å². The van der Waals surface area contributed by atoms with Crippen molar-refractivity contribution in [1.82, 2.24) is 4.98 Å². The Bertz CT molecular complexity index is 1470. The van der Waals surface area contributed by atoms with Crippen molar-refractivity contribution in [3.63, 3.8) is 0 Å². The number of methoxy groups -OCH3 is 1. The van der Waals surface area contributed by atoms with Gasteiger partial charge >= 0.3 is 0 Å². The van der Waals surface area contributed by atoms with Crippen LogP contribution in [0.3, 0.4) is 0 Å². The van der Waals surface area contributed by atoms with Gasteiger partial charge in [-0.15, -0.1) is 11.3 Å². The monoisotopic (exact) mass is 497 g/mol. The molecule has 5 aromatic rings. The zero-order chi connectivity index (χ0) is 25.1.